The van der Waals surface area contributed by atoms with Crippen molar-refractivity contribution in [2.75, 3.05) is 13.7 Å². The maximum Gasteiger partial charge on any atom is 0.180 e. The first kappa shape index (κ1) is 13.8. The number of ether oxygens (including phenoxy) is 2. The largest absolute Gasteiger partial charge is 0.493 e. The molecule has 0 N–H and O–H groups in total. The van der Waals surface area contributed by atoms with E-state index in [4.69, 9.17) is 21.1 Å². The van der Waals surface area contributed by atoms with Crippen LogP contribution in [0.1, 0.15) is 30.6 Å². The molecule has 0 radical (unpaired) electrons. The standard InChI is InChI=1S/C13H17ClO3/c1-4-7-17-11-6-5-10(8-12(11)16-3)13(15)9(2)14/h5-6,8-9H,4,7H2,1-3H3. The highest BCUT2D eigenvalue weighted by atomic mass is 35.5. The summed E-state index contributed by atoms with van der Waals surface area (Å²) in [7, 11) is 1.55. The highest BCUT2D eigenvalue weighted by Crippen LogP contribution is 2.28. The Balaban J connectivity index is 2.95. The molecule has 1 atom stereocenters. The van der Waals surface area contributed by atoms with Crippen molar-refractivity contribution < 1.29 is 14.3 Å². The zero-order valence-corrected chi connectivity index (χ0v) is 11.1. The van der Waals surface area contributed by atoms with E-state index in [1.165, 1.54) is 0 Å². The van der Waals surface area contributed by atoms with Crippen molar-refractivity contribution in [2.24, 2.45) is 0 Å². The van der Waals surface area contributed by atoms with Crippen molar-refractivity contribution in [2.45, 2.75) is 25.6 Å². The van der Waals surface area contributed by atoms with Gasteiger partial charge in [0.25, 0.3) is 0 Å². The van der Waals surface area contributed by atoms with E-state index in [0.29, 0.717) is 23.7 Å². The highest BCUT2D eigenvalue weighted by Gasteiger charge is 2.15. The highest BCUT2D eigenvalue weighted by molar-refractivity contribution is 6.33. The van der Waals surface area contributed by atoms with Gasteiger partial charge >= 0.3 is 0 Å². The van der Waals surface area contributed by atoms with E-state index in [0.717, 1.165) is 6.42 Å². The molecule has 3 nitrogen and oxygen atoms in total. The summed E-state index contributed by atoms with van der Waals surface area (Å²) in [5.41, 5.74) is 0.535. The summed E-state index contributed by atoms with van der Waals surface area (Å²) < 4.78 is 10.7. The predicted octanol–water partition coefficient (Wildman–Crippen LogP) is 3.29. The van der Waals surface area contributed by atoms with Crippen LogP contribution in [0.2, 0.25) is 0 Å². The van der Waals surface area contributed by atoms with Crippen molar-refractivity contribution in [3.63, 3.8) is 0 Å². The molecule has 0 amide bonds. The average Bonchev–Trinajstić information content (AvgIpc) is 2.35. The maximum atomic E-state index is 11.7. The van der Waals surface area contributed by atoms with Crippen molar-refractivity contribution in [1.82, 2.24) is 0 Å². The first-order valence-corrected chi connectivity index (χ1v) is 6.03. The minimum atomic E-state index is -0.540. The van der Waals surface area contributed by atoms with Crippen molar-refractivity contribution in [3.05, 3.63) is 23.8 Å². The number of hydrogen-bond donors (Lipinski definition) is 0. The van der Waals surface area contributed by atoms with Gasteiger partial charge in [0.2, 0.25) is 0 Å². The number of rotatable bonds is 6. The lowest BCUT2D eigenvalue weighted by molar-refractivity contribution is 0.0991. The van der Waals surface area contributed by atoms with Crippen LogP contribution in [0.15, 0.2) is 18.2 Å². The molecule has 1 unspecified atom stereocenters. The van der Waals surface area contributed by atoms with Gasteiger partial charge < -0.3 is 9.47 Å². The SMILES string of the molecule is CCCOc1ccc(C(=O)C(C)Cl)cc1OC. The molecule has 1 aromatic carbocycles. The van der Waals surface area contributed by atoms with Gasteiger partial charge in [-0.05, 0) is 31.5 Å². The average molecular weight is 257 g/mol. The fourth-order valence-corrected chi connectivity index (χ4v) is 1.51. The van der Waals surface area contributed by atoms with Gasteiger partial charge in [0.15, 0.2) is 17.3 Å². The number of methoxy groups -OCH3 is 1. The second kappa shape index (κ2) is 6.50. The number of hydrogen-bond acceptors (Lipinski definition) is 3. The molecule has 0 aromatic heterocycles. The van der Waals surface area contributed by atoms with E-state index >= 15 is 0 Å². The van der Waals surface area contributed by atoms with E-state index in [1.54, 1.807) is 32.2 Å². The Morgan fingerprint density at radius 2 is 2.12 bits per heavy atom. The van der Waals surface area contributed by atoms with E-state index in [1.807, 2.05) is 6.92 Å². The van der Waals surface area contributed by atoms with Crippen LogP contribution in [0.25, 0.3) is 0 Å². The summed E-state index contributed by atoms with van der Waals surface area (Å²) in [6.45, 7) is 4.30. The molecule has 17 heavy (non-hydrogen) atoms. The van der Waals surface area contributed by atoms with Crippen LogP contribution in [-0.2, 0) is 0 Å². The van der Waals surface area contributed by atoms with Crippen LogP contribution < -0.4 is 9.47 Å². The summed E-state index contributed by atoms with van der Waals surface area (Å²) in [4.78, 5) is 11.7. The summed E-state index contributed by atoms with van der Waals surface area (Å²) in [6.07, 6.45) is 0.919. The molecule has 0 aliphatic rings. The quantitative estimate of drug-likeness (QED) is 0.579. The first-order chi connectivity index (χ1) is 8.10. The Kier molecular flexibility index (Phi) is 5.29. The molecule has 0 fully saturated rings. The minimum absolute atomic E-state index is 0.119. The molecule has 0 bridgehead atoms. The van der Waals surface area contributed by atoms with Crippen LogP contribution in [0.4, 0.5) is 0 Å². The summed E-state index contributed by atoms with van der Waals surface area (Å²) in [5.74, 6) is 1.08. The first-order valence-electron chi connectivity index (χ1n) is 5.59. The molecule has 1 rings (SSSR count). The zero-order chi connectivity index (χ0) is 12.8. The van der Waals surface area contributed by atoms with E-state index in [2.05, 4.69) is 0 Å². The molecule has 94 valence electrons. The fraction of sp³-hybridized carbons (Fsp3) is 0.462. The smallest absolute Gasteiger partial charge is 0.180 e. The normalized spacial score (nSPS) is 12.0. The Labute approximate surface area is 107 Å². The van der Waals surface area contributed by atoms with Crippen LogP contribution in [-0.4, -0.2) is 24.9 Å². The van der Waals surface area contributed by atoms with Gasteiger partial charge in [-0.3, -0.25) is 4.79 Å². The molecule has 1 aromatic rings. The van der Waals surface area contributed by atoms with Crippen LogP contribution in [0.5, 0.6) is 11.5 Å². The van der Waals surface area contributed by atoms with Gasteiger partial charge in [-0.25, -0.2) is 0 Å². The zero-order valence-electron chi connectivity index (χ0n) is 10.3. The van der Waals surface area contributed by atoms with Gasteiger partial charge in [-0.2, -0.15) is 0 Å². The summed E-state index contributed by atoms with van der Waals surface area (Å²) in [5, 5.41) is -0.540. The number of carbonyl (C=O) groups is 1. The number of alkyl halides is 1. The van der Waals surface area contributed by atoms with Crippen molar-refractivity contribution >= 4 is 17.4 Å². The maximum absolute atomic E-state index is 11.7. The third-order valence-corrected chi connectivity index (χ3v) is 2.47. The van der Waals surface area contributed by atoms with Crippen LogP contribution >= 0.6 is 11.6 Å². The van der Waals surface area contributed by atoms with Gasteiger partial charge in [-0.15, -0.1) is 11.6 Å². The minimum Gasteiger partial charge on any atom is -0.493 e. The second-order valence-corrected chi connectivity index (χ2v) is 4.35. The van der Waals surface area contributed by atoms with Crippen molar-refractivity contribution in [3.8, 4) is 11.5 Å². The predicted molar refractivity (Wildman–Crippen MR) is 68.4 cm³/mol. The molecular weight excluding hydrogens is 240 g/mol. The Bertz CT molecular complexity index is 388. The summed E-state index contributed by atoms with van der Waals surface area (Å²) >= 11 is 5.76. The topological polar surface area (TPSA) is 35.5 Å². The second-order valence-electron chi connectivity index (χ2n) is 3.69. The Hall–Kier alpha value is -1.22. The van der Waals surface area contributed by atoms with Crippen LogP contribution in [0.3, 0.4) is 0 Å². The van der Waals surface area contributed by atoms with Gasteiger partial charge in [-0.1, -0.05) is 6.92 Å². The fourth-order valence-electron chi connectivity index (χ4n) is 1.38. The number of ketones is 1. The molecule has 4 heteroatoms. The monoisotopic (exact) mass is 256 g/mol. The molecule has 0 saturated carbocycles. The molecule has 0 spiro atoms. The number of halogens is 1. The third kappa shape index (κ3) is 3.63. The number of benzene rings is 1. The van der Waals surface area contributed by atoms with Gasteiger partial charge in [0.1, 0.15) is 0 Å². The number of carbonyl (C=O) groups excluding carboxylic acids is 1. The van der Waals surface area contributed by atoms with Gasteiger partial charge in [0.05, 0.1) is 19.1 Å². The van der Waals surface area contributed by atoms with Crippen LogP contribution in [0, 0.1) is 0 Å². The Morgan fingerprint density at radius 1 is 1.41 bits per heavy atom. The molecule has 0 aliphatic carbocycles. The third-order valence-electron chi connectivity index (χ3n) is 2.27. The van der Waals surface area contributed by atoms with E-state index in [-0.39, 0.29) is 5.78 Å². The molecule has 0 aliphatic heterocycles. The van der Waals surface area contributed by atoms with E-state index < -0.39 is 5.38 Å². The molecule has 0 heterocycles. The lowest BCUT2D eigenvalue weighted by Gasteiger charge is -2.11. The number of Topliss-reactive ketones (excluding diaryl/α,β-unsaturated/α-hetero) is 1. The summed E-state index contributed by atoms with van der Waals surface area (Å²) in [6, 6.07) is 5.10. The molecule has 0 saturated heterocycles. The lowest BCUT2D eigenvalue weighted by atomic mass is 10.1. The van der Waals surface area contributed by atoms with Gasteiger partial charge in [0, 0.05) is 5.56 Å². The lowest BCUT2D eigenvalue weighted by Crippen LogP contribution is -2.10. The van der Waals surface area contributed by atoms with Crippen molar-refractivity contribution in [1.29, 1.82) is 0 Å². The molecular formula is C13H17ClO3. The van der Waals surface area contributed by atoms with E-state index in [9.17, 15) is 4.79 Å². The Morgan fingerprint density at radius 3 is 2.65 bits per heavy atom.